The lowest BCUT2D eigenvalue weighted by Gasteiger charge is -2.11. The first kappa shape index (κ1) is 11.1. The molecule has 1 heterocycles. The maximum absolute atomic E-state index is 6.12. The van der Waals surface area contributed by atoms with E-state index in [2.05, 4.69) is 4.98 Å². The fraction of sp³-hybridized carbons (Fsp3) is 0.250. The summed E-state index contributed by atoms with van der Waals surface area (Å²) in [6.45, 7) is 0. The van der Waals surface area contributed by atoms with Gasteiger partial charge in [0.05, 0.1) is 12.6 Å². The normalized spacial score (nSPS) is 12.4. The smallest absolute Gasteiger partial charge is 0.118 e. The van der Waals surface area contributed by atoms with E-state index in [1.165, 1.54) is 4.88 Å². The number of nitrogens with zero attached hydrogens (tertiary/aromatic N) is 1. The summed E-state index contributed by atoms with van der Waals surface area (Å²) in [6.07, 6.45) is 2.70. The Bertz CT molecular complexity index is 425. The van der Waals surface area contributed by atoms with Crippen molar-refractivity contribution in [2.45, 2.75) is 12.5 Å². The van der Waals surface area contributed by atoms with Gasteiger partial charge in [-0.15, -0.1) is 11.3 Å². The number of nitrogens with two attached hydrogens (primary N) is 1. The highest BCUT2D eigenvalue weighted by Crippen LogP contribution is 2.20. The van der Waals surface area contributed by atoms with Crippen molar-refractivity contribution in [2.75, 3.05) is 7.11 Å². The second kappa shape index (κ2) is 5.09. The van der Waals surface area contributed by atoms with Crippen molar-refractivity contribution in [3.8, 4) is 5.75 Å². The van der Waals surface area contributed by atoms with Crippen molar-refractivity contribution in [3.63, 3.8) is 0 Å². The summed E-state index contributed by atoms with van der Waals surface area (Å²) in [5, 5.41) is 0. The third kappa shape index (κ3) is 2.59. The quantitative estimate of drug-likeness (QED) is 0.883. The van der Waals surface area contributed by atoms with Gasteiger partial charge in [0.25, 0.3) is 0 Å². The number of rotatable bonds is 4. The molecule has 4 heteroatoms. The van der Waals surface area contributed by atoms with Gasteiger partial charge in [-0.05, 0) is 17.7 Å². The lowest BCUT2D eigenvalue weighted by molar-refractivity contribution is 0.414. The van der Waals surface area contributed by atoms with Crippen LogP contribution in [0.15, 0.2) is 36.0 Å². The molecule has 0 saturated carbocycles. The highest BCUT2D eigenvalue weighted by atomic mass is 32.1. The SMILES string of the molecule is COc1ccc(C(N)Cc2cncs2)cc1. The molecule has 0 aliphatic rings. The monoisotopic (exact) mass is 234 g/mol. The maximum atomic E-state index is 6.12. The average Bonchev–Trinajstić information content (AvgIpc) is 2.82. The summed E-state index contributed by atoms with van der Waals surface area (Å²) in [5.41, 5.74) is 9.06. The molecule has 1 aromatic carbocycles. The zero-order valence-corrected chi connectivity index (χ0v) is 9.91. The lowest BCUT2D eigenvalue weighted by atomic mass is 10.0. The minimum atomic E-state index is 0.0198. The average molecular weight is 234 g/mol. The van der Waals surface area contributed by atoms with Crippen molar-refractivity contribution < 1.29 is 4.74 Å². The highest BCUT2D eigenvalue weighted by molar-refractivity contribution is 7.09. The number of hydrogen-bond acceptors (Lipinski definition) is 4. The van der Waals surface area contributed by atoms with E-state index >= 15 is 0 Å². The molecule has 1 unspecified atom stereocenters. The number of hydrogen-bond donors (Lipinski definition) is 1. The van der Waals surface area contributed by atoms with Gasteiger partial charge in [-0.2, -0.15) is 0 Å². The van der Waals surface area contributed by atoms with Crippen LogP contribution >= 0.6 is 11.3 Å². The van der Waals surface area contributed by atoms with Gasteiger partial charge in [-0.1, -0.05) is 12.1 Å². The molecule has 0 bridgehead atoms. The number of methoxy groups -OCH3 is 1. The van der Waals surface area contributed by atoms with Crippen molar-refractivity contribution in [1.29, 1.82) is 0 Å². The molecule has 0 aliphatic heterocycles. The van der Waals surface area contributed by atoms with Crippen molar-refractivity contribution in [2.24, 2.45) is 5.73 Å². The van der Waals surface area contributed by atoms with Crippen LogP contribution in [0, 0.1) is 0 Å². The summed E-state index contributed by atoms with van der Waals surface area (Å²) < 4.78 is 5.11. The first-order valence-corrected chi connectivity index (χ1v) is 5.94. The molecule has 0 radical (unpaired) electrons. The zero-order chi connectivity index (χ0) is 11.4. The molecular formula is C12H14N2OS. The molecule has 1 atom stereocenters. The van der Waals surface area contributed by atoms with Crippen LogP contribution in [0.25, 0.3) is 0 Å². The van der Waals surface area contributed by atoms with Gasteiger partial charge < -0.3 is 10.5 Å². The molecule has 0 spiro atoms. The molecule has 3 nitrogen and oxygen atoms in total. The molecular weight excluding hydrogens is 220 g/mol. The van der Waals surface area contributed by atoms with E-state index in [4.69, 9.17) is 10.5 Å². The van der Waals surface area contributed by atoms with Crippen LogP contribution in [0.4, 0.5) is 0 Å². The van der Waals surface area contributed by atoms with E-state index in [1.807, 2.05) is 36.0 Å². The summed E-state index contributed by atoms with van der Waals surface area (Å²) in [4.78, 5) is 5.25. The third-order valence-corrected chi connectivity index (χ3v) is 3.25. The minimum absolute atomic E-state index is 0.0198. The van der Waals surface area contributed by atoms with Crippen LogP contribution in [-0.4, -0.2) is 12.1 Å². The van der Waals surface area contributed by atoms with Gasteiger partial charge in [-0.3, -0.25) is 4.98 Å². The largest absolute Gasteiger partial charge is 0.497 e. The highest BCUT2D eigenvalue weighted by Gasteiger charge is 2.08. The summed E-state index contributed by atoms with van der Waals surface area (Å²) in [6, 6.07) is 7.89. The predicted molar refractivity (Wildman–Crippen MR) is 65.7 cm³/mol. The molecule has 84 valence electrons. The summed E-state index contributed by atoms with van der Waals surface area (Å²) >= 11 is 1.64. The molecule has 16 heavy (non-hydrogen) atoms. The number of aromatic nitrogens is 1. The standard InChI is InChI=1S/C12H14N2OS/c1-15-10-4-2-9(3-5-10)12(13)6-11-7-14-8-16-11/h2-5,7-8,12H,6,13H2,1H3. The second-order valence-electron chi connectivity index (χ2n) is 3.55. The van der Waals surface area contributed by atoms with Crippen LogP contribution in [0.1, 0.15) is 16.5 Å². The molecule has 1 aromatic heterocycles. The molecule has 2 N–H and O–H groups in total. The van der Waals surface area contributed by atoms with E-state index in [0.717, 1.165) is 17.7 Å². The van der Waals surface area contributed by atoms with Gasteiger partial charge in [0.1, 0.15) is 5.75 Å². The molecule has 0 fully saturated rings. The van der Waals surface area contributed by atoms with Crippen LogP contribution in [0.3, 0.4) is 0 Å². The molecule has 0 amide bonds. The van der Waals surface area contributed by atoms with Gasteiger partial charge >= 0.3 is 0 Å². The second-order valence-corrected chi connectivity index (χ2v) is 4.52. The van der Waals surface area contributed by atoms with Crippen LogP contribution in [0.5, 0.6) is 5.75 Å². The topological polar surface area (TPSA) is 48.1 Å². The van der Waals surface area contributed by atoms with E-state index in [0.29, 0.717) is 0 Å². The van der Waals surface area contributed by atoms with Gasteiger partial charge in [0.15, 0.2) is 0 Å². The Hall–Kier alpha value is -1.39. The first-order valence-electron chi connectivity index (χ1n) is 5.06. The Morgan fingerprint density at radius 1 is 1.38 bits per heavy atom. The van der Waals surface area contributed by atoms with E-state index in [9.17, 15) is 0 Å². The van der Waals surface area contributed by atoms with E-state index < -0.39 is 0 Å². The van der Waals surface area contributed by atoms with Crippen LogP contribution in [-0.2, 0) is 6.42 Å². The fourth-order valence-electron chi connectivity index (χ4n) is 1.53. The Labute approximate surface area is 98.9 Å². The predicted octanol–water partition coefficient (Wildman–Crippen LogP) is 2.39. The van der Waals surface area contributed by atoms with Gasteiger partial charge in [0, 0.05) is 23.5 Å². The molecule has 0 aliphatic carbocycles. The molecule has 2 rings (SSSR count). The number of thiazole rings is 1. The Kier molecular flexibility index (Phi) is 3.54. The Balaban J connectivity index is 2.05. The maximum Gasteiger partial charge on any atom is 0.118 e. The van der Waals surface area contributed by atoms with Gasteiger partial charge in [-0.25, -0.2) is 0 Å². The molecule has 0 saturated heterocycles. The third-order valence-electron chi connectivity index (χ3n) is 2.45. The van der Waals surface area contributed by atoms with E-state index in [-0.39, 0.29) is 6.04 Å². The van der Waals surface area contributed by atoms with Crippen LogP contribution < -0.4 is 10.5 Å². The fourth-order valence-corrected chi connectivity index (χ4v) is 2.18. The van der Waals surface area contributed by atoms with E-state index in [1.54, 1.807) is 18.4 Å². The summed E-state index contributed by atoms with van der Waals surface area (Å²) in [7, 11) is 1.66. The van der Waals surface area contributed by atoms with Crippen molar-refractivity contribution in [1.82, 2.24) is 4.98 Å². The first-order chi connectivity index (χ1) is 7.79. The van der Waals surface area contributed by atoms with Crippen molar-refractivity contribution >= 4 is 11.3 Å². The minimum Gasteiger partial charge on any atom is -0.497 e. The Morgan fingerprint density at radius 3 is 2.69 bits per heavy atom. The molecule has 2 aromatic rings. The number of ether oxygens (including phenoxy) is 1. The number of benzene rings is 1. The van der Waals surface area contributed by atoms with Gasteiger partial charge in [0.2, 0.25) is 0 Å². The lowest BCUT2D eigenvalue weighted by Crippen LogP contribution is -2.12. The summed E-state index contributed by atoms with van der Waals surface area (Å²) in [5.74, 6) is 0.855. The van der Waals surface area contributed by atoms with Crippen molar-refractivity contribution in [3.05, 3.63) is 46.4 Å². The van der Waals surface area contributed by atoms with Crippen LogP contribution in [0.2, 0.25) is 0 Å². The zero-order valence-electron chi connectivity index (χ0n) is 9.09. The Morgan fingerprint density at radius 2 is 2.12 bits per heavy atom.